The quantitative estimate of drug-likeness (QED) is 0.140. The minimum absolute atomic E-state index is 0.0822. The summed E-state index contributed by atoms with van der Waals surface area (Å²) >= 11 is 6.47. The number of carbonyl (C=O) groups excluding carboxylic acids is 1. The van der Waals surface area contributed by atoms with Crippen molar-refractivity contribution in [3.8, 4) is 5.75 Å². The second kappa shape index (κ2) is 19.1. The first-order valence-corrected chi connectivity index (χ1v) is 16.3. The van der Waals surface area contributed by atoms with Crippen molar-refractivity contribution in [2.24, 2.45) is 7.05 Å². The van der Waals surface area contributed by atoms with Gasteiger partial charge in [-0.1, -0.05) is 30.3 Å². The molecule has 0 radical (unpaired) electrons. The topological polar surface area (TPSA) is 138 Å². The Morgan fingerprint density at radius 1 is 1.06 bits per heavy atom. The van der Waals surface area contributed by atoms with E-state index in [1.165, 1.54) is 11.6 Å². The highest BCUT2D eigenvalue weighted by Crippen LogP contribution is 2.28. The number of anilines is 3. The number of allylic oxidation sites excluding steroid dienone is 1. The number of nitrogens with one attached hydrogen (secondary N) is 2. The maximum Gasteiger partial charge on any atom is 0.293 e. The van der Waals surface area contributed by atoms with E-state index < -0.39 is 0 Å². The number of carbonyl (C=O) groups is 1. The molecule has 1 fully saturated rings. The van der Waals surface area contributed by atoms with Crippen molar-refractivity contribution in [3.63, 3.8) is 0 Å². The molecule has 1 aliphatic heterocycles. The Hall–Kier alpha value is -4.01. The third-order valence-corrected chi connectivity index (χ3v) is 8.05. The van der Waals surface area contributed by atoms with Crippen LogP contribution in [0.1, 0.15) is 19.8 Å². The molecule has 0 atom stereocenters. The highest BCUT2D eigenvalue weighted by Gasteiger charge is 2.22. The number of amides is 1. The smallest absolute Gasteiger partial charge is 0.293 e. The Balaban J connectivity index is 1.20. The molecule has 13 nitrogen and oxygen atoms in total. The summed E-state index contributed by atoms with van der Waals surface area (Å²) in [5.74, 6) is 0.788. The zero-order chi connectivity index (χ0) is 34.3. The minimum Gasteiger partial charge on any atom is -0.478 e. The van der Waals surface area contributed by atoms with E-state index in [0.29, 0.717) is 74.2 Å². The first kappa shape index (κ1) is 36.8. The van der Waals surface area contributed by atoms with Crippen LogP contribution >= 0.6 is 11.6 Å². The average Bonchev–Trinajstić information content (AvgIpc) is 3.10. The number of benzene rings is 1. The zero-order valence-electron chi connectivity index (χ0n) is 27.8. The molecule has 14 heteroatoms. The Labute approximate surface area is 285 Å². The summed E-state index contributed by atoms with van der Waals surface area (Å²) in [6.07, 6.45) is 7.17. The van der Waals surface area contributed by atoms with Gasteiger partial charge in [-0.2, -0.15) is 4.98 Å². The Morgan fingerprint density at radius 3 is 2.46 bits per heavy atom. The van der Waals surface area contributed by atoms with Crippen LogP contribution in [0.4, 0.5) is 17.5 Å². The average molecular weight is 685 g/mol. The minimum atomic E-state index is -0.333. The number of piperidine rings is 1. The lowest BCUT2D eigenvalue weighted by atomic mass is 10.1. The van der Waals surface area contributed by atoms with Crippen LogP contribution < -0.4 is 25.8 Å². The lowest BCUT2D eigenvalue weighted by Gasteiger charge is -2.32. The van der Waals surface area contributed by atoms with Crippen LogP contribution in [0.2, 0.25) is 5.02 Å². The largest absolute Gasteiger partial charge is 0.478 e. The van der Waals surface area contributed by atoms with E-state index in [2.05, 4.69) is 27.1 Å². The van der Waals surface area contributed by atoms with E-state index in [4.69, 9.17) is 40.3 Å². The maximum atomic E-state index is 12.7. The van der Waals surface area contributed by atoms with Gasteiger partial charge in [0.1, 0.15) is 5.02 Å². The molecular weight excluding hydrogens is 640 g/mol. The van der Waals surface area contributed by atoms with Gasteiger partial charge in [-0.05, 0) is 49.6 Å². The molecule has 1 amide bonds. The van der Waals surface area contributed by atoms with Crippen molar-refractivity contribution >= 4 is 45.9 Å². The summed E-state index contributed by atoms with van der Waals surface area (Å²) in [7, 11) is 3.16. The van der Waals surface area contributed by atoms with Gasteiger partial charge < -0.3 is 43.8 Å². The van der Waals surface area contributed by atoms with Gasteiger partial charge in [0, 0.05) is 38.3 Å². The molecule has 2 aromatic heterocycles. The monoisotopic (exact) mass is 684 g/mol. The standard InChI is InChI=1S/C34H45ClN6O7/c1-5-24(6-2)22-46-16-15-44-13-14-45-17-18-47-27-9-11-41(12-10-27)34-37-21-28(35)32(39-34)38-26-7-8-29-25(19-26)20-30(33(43)40(29)4)48-23-31(42)36-3/h5-8,19-21,27H,1,9-18,22-23H2,2-4H3,(H,36,42)(H,37,38,39)/b24-6+. The van der Waals surface area contributed by atoms with Crippen LogP contribution in [-0.4, -0.2) is 99.5 Å². The van der Waals surface area contributed by atoms with Crippen LogP contribution in [-0.2, 0) is 30.8 Å². The fourth-order valence-corrected chi connectivity index (χ4v) is 5.11. The lowest BCUT2D eigenvalue weighted by Crippen LogP contribution is -2.38. The molecule has 260 valence electrons. The molecule has 0 bridgehead atoms. The Bertz CT molecular complexity index is 1610. The lowest BCUT2D eigenvalue weighted by molar-refractivity contribution is -0.122. The number of ether oxygens (including phenoxy) is 5. The Morgan fingerprint density at radius 2 is 1.77 bits per heavy atom. The van der Waals surface area contributed by atoms with Gasteiger partial charge >= 0.3 is 0 Å². The van der Waals surface area contributed by atoms with Crippen LogP contribution in [0.25, 0.3) is 10.9 Å². The molecule has 0 aliphatic carbocycles. The van der Waals surface area contributed by atoms with Crippen molar-refractivity contribution in [2.45, 2.75) is 25.9 Å². The molecule has 1 saturated heterocycles. The van der Waals surface area contributed by atoms with Crippen molar-refractivity contribution < 1.29 is 28.5 Å². The number of halogens is 1. The van der Waals surface area contributed by atoms with Crippen molar-refractivity contribution in [3.05, 3.63) is 70.1 Å². The molecule has 3 heterocycles. The summed E-state index contributed by atoms with van der Waals surface area (Å²) < 4.78 is 29.7. The third kappa shape index (κ3) is 10.8. The second-order valence-electron chi connectivity index (χ2n) is 11.0. The molecule has 0 saturated carbocycles. The van der Waals surface area contributed by atoms with Crippen molar-refractivity contribution in [1.29, 1.82) is 0 Å². The van der Waals surface area contributed by atoms with Gasteiger partial charge in [0.2, 0.25) is 5.95 Å². The highest BCUT2D eigenvalue weighted by atomic mass is 35.5. The second-order valence-corrected chi connectivity index (χ2v) is 11.4. The molecule has 1 aromatic carbocycles. The Kier molecular flexibility index (Phi) is 14.7. The zero-order valence-corrected chi connectivity index (χ0v) is 28.6. The summed E-state index contributed by atoms with van der Waals surface area (Å²) in [5.41, 5.74) is 2.14. The number of rotatable bonds is 19. The predicted molar refractivity (Wildman–Crippen MR) is 187 cm³/mol. The molecular formula is C34H45ClN6O7. The number of hydrogen-bond acceptors (Lipinski definition) is 11. The van der Waals surface area contributed by atoms with E-state index >= 15 is 0 Å². The summed E-state index contributed by atoms with van der Waals surface area (Å²) in [5, 5.41) is 6.86. The number of nitrogens with zero attached hydrogens (tertiary/aromatic N) is 4. The van der Waals surface area contributed by atoms with E-state index in [-0.39, 0.29) is 29.9 Å². The van der Waals surface area contributed by atoms with Crippen molar-refractivity contribution in [2.75, 3.05) is 83.2 Å². The first-order chi connectivity index (χ1) is 23.3. The number of hydrogen-bond donors (Lipinski definition) is 2. The fourth-order valence-electron chi connectivity index (χ4n) is 4.97. The van der Waals surface area contributed by atoms with Gasteiger partial charge in [0.15, 0.2) is 18.2 Å². The number of aryl methyl sites for hydroxylation is 1. The van der Waals surface area contributed by atoms with Crippen molar-refractivity contribution in [1.82, 2.24) is 19.9 Å². The van der Waals surface area contributed by atoms with E-state index in [1.54, 1.807) is 25.4 Å². The fraction of sp³-hybridized carbons (Fsp3) is 0.471. The van der Waals surface area contributed by atoms with Crippen LogP contribution in [0.3, 0.4) is 0 Å². The van der Waals surface area contributed by atoms with Crippen LogP contribution in [0.15, 0.2) is 59.6 Å². The van der Waals surface area contributed by atoms with E-state index in [9.17, 15) is 9.59 Å². The summed E-state index contributed by atoms with van der Waals surface area (Å²) in [6, 6.07) is 7.15. The molecule has 48 heavy (non-hydrogen) atoms. The number of fused-ring (bicyclic) bond motifs is 1. The maximum absolute atomic E-state index is 12.7. The molecule has 0 spiro atoms. The van der Waals surface area contributed by atoms with Crippen LogP contribution in [0, 0.1) is 0 Å². The number of likely N-dealkylation sites (N-methyl/N-ethyl adjacent to an activating group) is 1. The highest BCUT2D eigenvalue weighted by molar-refractivity contribution is 6.32. The van der Waals surface area contributed by atoms with Crippen LogP contribution in [0.5, 0.6) is 5.75 Å². The molecule has 3 aromatic rings. The SMILES string of the molecule is C=C/C(=C\C)COCCOCCOCCOC1CCN(c2ncc(Cl)c(Nc3ccc4c(c3)cc(OCC(=O)NC)c(=O)n4C)n2)CC1. The molecule has 2 N–H and O–H groups in total. The molecule has 4 rings (SSSR count). The molecule has 1 aliphatic rings. The first-order valence-electron chi connectivity index (χ1n) is 16.0. The summed E-state index contributed by atoms with van der Waals surface area (Å²) in [6.45, 7) is 10.6. The third-order valence-electron chi connectivity index (χ3n) is 7.77. The summed E-state index contributed by atoms with van der Waals surface area (Å²) in [4.78, 5) is 35.6. The normalized spacial score (nSPS) is 13.9. The number of pyridine rings is 1. The molecule has 0 unspecified atom stereocenters. The predicted octanol–water partition coefficient (Wildman–Crippen LogP) is 4.02. The van der Waals surface area contributed by atoms with Gasteiger partial charge in [0.05, 0.1) is 64.1 Å². The van der Waals surface area contributed by atoms with Gasteiger partial charge in [-0.3, -0.25) is 9.59 Å². The van der Waals surface area contributed by atoms with E-state index in [0.717, 1.165) is 36.9 Å². The van der Waals surface area contributed by atoms with E-state index in [1.807, 2.05) is 31.2 Å². The van der Waals surface area contributed by atoms with Gasteiger partial charge in [-0.15, -0.1) is 0 Å². The van der Waals surface area contributed by atoms with Gasteiger partial charge in [0.25, 0.3) is 11.5 Å². The van der Waals surface area contributed by atoms with Gasteiger partial charge in [-0.25, -0.2) is 4.98 Å². The number of aromatic nitrogens is 3.